The van der Waals surface area contributed by atoms with E-state index in [1.807, 2.05) is 18.2 Å². The first-order valence-electron chi connectivity index (χ1n) is 6.90. The van der Waals surface area contributed by atoms with Crippen molar-refractivity contribution in [3.63, 3.8) is 0 Å². The van der Waals surface area contributed by atoms with Gasteiger partial charge in [-0.05, 0) is 36.9 Å². The van der Waals surface area contributed by atoms with Crippen molar-refractivity contribution in [2.45, 2.75) is 32.2 Å². The van der Waals surface area contributed by atoms with Crippen LogP contribution in [0.1, 0.15) is 25.3 Å². The van der Waals surface area contributed by atoms with Gasteiger partial charge in [0.15, 0.2) is 0 Å². The number of piperidine rings is 1. The molecule has 2 rings (SSSR count). The monoisotopic (exact) mass is 360 g/mol. The summed E-state index contributed by atoms with van der Waals surface area (Å²) in [4.78, 5) is 12.0. The number of rotatable bonds is 4. The molecule has 1 saturated heterocycles. The smallest absolute Gasteiger partial charge is 0.220 e. The third-order valence-electron chi connectivity index (χ3n) is 3.75. The molecule has 1 aromatic carbocycles. The molecule has 0 spiro atoms. The molecule has 1 amide bonds. The maximum atomic E-state index is 12.0. The standard InChI is InChI=1S/C15H21BrN2O.ClH/c1-11-8-9-17-10-14(11)18-15(19)7-6-12-4-2-3-5-13(12)16;/h2-5,11,14,17H,6-10H2,1H3,(H,18,19);1H. The molecule has 0 bridgehead atoms. The molecule has 3 nitrogen and oxygen atoms in total. The minimum absolute atomic E-state index is 0. The minimum Gasteiger partial charge on any atom is -0.352 e. The summed E-state index contributed by atoms with van der Waals surface area (Å²) in [6, 6.07) is 8.34. The number of aryl methyl sites for hydroxylation is 1. The molecule has 0 aromatic heterocycles. The highest BCUT2D eigenvalue weighted by Gasteiger charge is 2.22. The Kier molecular flexibility index (Phi) is 7.56. The zero-order valence-corrected chi connectivity index (χ0v) is 14.1. The average molecular weight is 362 g/mol. The zero-order valence-electron chi connectivity index (χ0n) is 11.7. The van der Waals surface area contributed by atoms with Crippen molar-refractivity contribution in [2.75, 3.05) is 13.1 Å². The Labute approximate surface area is 135 Å². The number of carbonyl (C=O) groups is 1. The van der Waals surface area contributed by atoms with Crippen molar-refractivity contribution >= 4 is 34.2 Å². The summed E-state index contributed by atoms with van der Waals surface area (Å²) in [7, 11) is 0. The Morgan fingerprint density at radius 2 is 2.20 bits per heavy atom. The van der Waals surface area contributed by atoms with Crippen LogP contribution in [0.4, 0.5) is 0 Å². The van der Waals surface area contributed by atoms with Crippen molar-refractivity contribution in [2.24, 2.45) is 5.92 Å². The zero-order chi connectivity index (χ0) is 13.7. The van der Waals surface area contributed by atoms with Gasteiger partial charge in [-0.25, -0.2) is 0 Å². The summed E-state index contributed by atoms with van der Waals surface area (Å²) in [6.07, 6.45) is 2.46. The van der Waals surface area contributed by atoms with Gasteiger partial charge in [-0.2, -0.15) is 0 Å². The number of halogens is 2. The summed E-state index contributed by atoms with van der Waals surface area (Å²) in [5.74, 6) is 0.713. The van der Waals surface area contributed by atoms with E-state index in [-0.39, 0.29) is 24.4 Å². The Bertz CT molecular complexity index is 442. The lowest BCUT2D eigenvalue weighted by Crippen LogP contribution is -2.50. The molecule has 0 radical (unpaired) electrons. The molecule has 1 fully saturated rings. The first kappa shape index (κ1) is 17.5. The van der Waals surface area contributed by atoms with Crippen molar-refractivity contribution in [1.29, 1.82) is 0 Å². The van der Waals surface area contributed by atoms with Gasteiger partial charge >= 0.3 is 0 Å². The van der Waals surface area contributed by atoms with E-state index < -0.39 is 0 Å². The predicted octanol–water partition coefficient (Wildman–Crippen LogP) is 2.92. The third kappa shape index (κ3) is 5.08. The van der Waals surface area contributed by atoms with Crippen molar-refractivity contribution in [1.82, 2.24) is 10.6 Å². The fourth-order valence-corrected chi connectivity index (χ4v) is 2.89. The van der Waals surface area contributed by atoms with E-state index in [1.165, 1.54) is 5.56 Å². The number of nitrogens with one attached hydrogen (secondary N) is 2. The van der Waals surface area contributed by atoms with Crippen molar-refractivity contribution < 1.29 is 4.79 Å². The van der Waals surface area contributed by atoms with Gasteiger partial charge in [0.2, 0.25) is 5.91 Å². The van der Waals surface area contributed by atoms with Crippen LogP contribution in [0.3, 0.4) is 0 Å². The van der Waals surface area contributed by atoms with E-state index >= 15 is 0 Å². The molecule has 1 aromatic rings. The topological polar surface area (TPSA) is 41.1 Å². The second-order valence-corrected chi connectivity index (χ2v) is 6.09. The van der Waals surface area contributed by atoms with Crippen molar-refractivity contribution in [3.05, 3.63) is 34.3 Å². The average Bonchev–Trinajstić information content (AvgIpc) is 2.40. The van der Waals surface area contributed by atoms with Gasteiger partial charge in [0.25, 0.3) is 0 Å². The third-order valence-corrected chi connectivity index (χ3v) is 4.53. The fraction of sp³-hybridized carbons (Fsp3) is 0.533. The van der Waals surface area contributed by atoms with Crippen molar-refractivity contribution in [3.8, 4) is 0 Å². The summed E-state index contributed by atoms with van der Waals surface area (Å²) in [5.41, 5.74) is 1.19. The fourth-order valence-electron chi connectivity index (χ4n) is 2.41. The Hall–Kier alpha value is -0.580. The van der Waals surface area contributed by atoms with Crippen LogP contribution in [0, 0.1) is 5.92 Å². The second-order valence-electron chi connectivity index (χ2n) is 5.24. The number of amides is 1. The molecule has 0 aliphatic carbocycles. The van der Waals surface area contributed by atoms with Gasteiger partial charge < -0.3 is 10.6 Å². The van der Waals surface area contributed by atoms with Crippen LogP contribution in [0.15, 0.2) is 28.7 Å². The van der Waals surface area contributed by atoms with Crippen LogP contribution in [0.2, 0.25) is 0 Å². The highest BCUT2D eigenvalue weighted by atomic mass is 79.9. The lowest BCUT2D eigenvalue weighted by Gasteiger charge is -2.30. The minimum atomic E-state index is 0. The van der Waals surface area contributed by atoms with E-state index in [2.05, 4.69) is 39.6 Å². The van der Waals surface area contributed by atoms with Gasteiger partial charge in [0.05, 0.1) is 0 Å². The van der Waals surface area contributed by atoms with Gasteiger partial charge in [-0.3, -0.25) is 4.79 Å². The molecule has 1 heterocycles. The maximum absolute atomic E-state index is 12.0. The van der Waals surface area contributed by atoms with Gasteiger partial charge in [-0.1, -0.05) is 41.1 Å². The maximum Gasteiger partial charge on any atom is 0.220 e. The van der Waals surface area contributed by atoms with Gasteiger partial charge in [0, 0.05) is 23.5 Å². The molecule has 0 saturated carbocycles. The highest BCUT2D eigenvalue weighted by molar-refractivity contribution is 9.10. The van der Waals surface area contributed by atoms with E-state index in [0.29, 0.717) is 12.3 Å². The molecule has 20 heavy (non-hydrogen) atoms. The predicted molar refractivity (Wildman–Crippen MR) is 88.3 cm³/mol. The summed E-state index contributed by atoms with van der Waals surface area (Å²) >= 11 is 3.51. The van der Waals surface area contributed by atoms with Crippen LogP contribution in [0.5, 0.6) is 0 Å². The largest absolute Gasteiger partial charge is 0.352 e. The first-order chi connectivity index (χ1) is 9.16. The number of benzene rings is 1. The second kappa shape index (κ2) is 8.65. The first-order valence-corrected chi connectivity index (χ1v) is 7.69. The van der Waals surface area contributed by atoms with Gasteiger partial charge in [0.1, 0.15) is 0 Å². The quantitative estimate of drug-likeness (QED) is 0.866. The number of carbonyl (C=O) groups excluding carboxylic acids is 1. The van der Waals surface area contributed by atoms with E-state index in [9.17, 15) is 4.79 Å². The SMILES string of the molecule is CC1CCNCC1NC(=O)CCc1ccccc1Br.Cl. The summed E-state index contributed by atoms with van der Waals surface area (Å²) in [5, 5.41) is 6.47. The van der Waals surface area contributed by atoms with Crippen LogP contribution < -0.4 is 10.6 Å². The summed E-state index contributed by atoms with van der Waals surface area (Å²) < 4.78 is 1.08. The Morgan fingerprint density at radius 3 is 2.90 bits per heavy atom. The normalized spacial score (nSPS) is 21.9. The van der Waals surface area contributed by atoms with E-state index in [4.69, 9.17) is 0 Å². The highest BCUT2D eigenvalue weighted by Crippen LogP contribution is 2.17. The molecule has 112 valence electrons. The molecule has 1 aliphatic rings. The lowest BCUT2D eigenvalue weighted by molar-refractivity contribution is -0.122. The Balaban J connectivity index is 0.00000200. The van der Waals surface area contributed by atoms with Crippen LogP contribution in [-0.2, 0) is 11.2 Å². The number of hydrogen-bond donors (Lipinski definition) is 2. The van der Waals surface area contributed by atoms with Gasteiger partial charge in [-0.15, -0.1) is 12.4 Å². The van der Waals surface area contributed by atoms with E-state index in [1.54, 1.807) is 0 Å². The van der Waals surface area contributed by atoms with Crippen LogP contribution in [0.25, 0.3) is 0 Å². The van der Waals surface area contributed by atoms with Crippen LogP contribution >= 0.6 is 28.3 Å². The van der Waals surface area contributed by atoms with Crippen LogP contribution in [-0.4, -0.2) is 25.0 Å². The lowest BCUT2D eigenvalue weighted by atomic mass is 9.94. The molecule has 1 aliphatic heterocycles. The molecule has 2 atom stereocenters. The molecule has 2 N–H and O–H groups in total. The number of hydrogen-bond acceptors (Lipinski definition) is 2. The summed E-state index contributed by atoms with van der Waals surface area (Å²) in [6.45, 7) is 4.16. The Morgan fingerprint density at radius 1 is 1.45 bits per heavy atom. The molecule has 5 heteroatoms. The molecular formula is C15H22BrClN2O. The van der Waals surface area contributed by atoms with E-state index in [0.717, 1.165) is 30.4 Å². The molecular weight excluding hydrogens is 340 g/mol. The molecule has 2 unspecified atom stereocenters.